The number of methoxy groups -OCH3 is 1. The van der Waals surface area contributed by atoms with Gasteiger partial charge in [0.1, 0.15) is 12.4 Å². The van der Waals surface area contributed by atoms with Crippen LogP contribution in [0.4, 0.5) is 4.39 Å². The molecular weight excluding hydrogens is 343 g/mol. The van der Waals surface area contributed by atoms with Gasteiger partial charge in [-0.25, -0.2) is 9.37 Å². The van der Waals surface area contributed by atoms with Crippen molar-refractivity contribution in [2.75, 3.05) is 7.11 Å². The molecule has 0 bridgehead atoms. The summed E-state index contributed by atoms with van der Waals surface area (Å²) in [6.07, 6.45) is 1.63. The van der Waals surface area contributed by atoms with Crippen LogP contribution in [0.25, 0.3) is 22.3 Å². The first kappa shape index (κ1) is 17.0. The van der Waals surface area contributed by atoms with Gasteiger partial charge in [0, 0.05) is 17.7 Å². The van der Waals surface area contributed by atoms with E-state index in [-0.39, 0.29) is 5.82 Å². The second kappa shape index (κ2) is 7.41. The van der Waals surface area contributed by atoms with Gasteiger partial charge < -0.3 is 9.47 Å². The third kappa shape index (κ3) is 3.72. The van der Waals surface area contributed by atoms with Crippen molar-refractivity contribution in [3.8, 4) is 22.8 Å². The summed E-state index contributed by atoms with van der Waals surface area (Å²) in [5, 5.41) is 0. The molecule has 0 aliphatic heterocycles. The predicted molar refractivity (Wildman–Crippen MR) is 102 cm³/mol. The third-order valence-corrected chi connectivity index (χ3v) is 4.19. The van der Waals surface area contributed by atoms with E-state index in [0.29, 0.717) is 40.4 Å². The predicted octanol–water partition coefficient (Wildman–Crippen LogP) is 5.02. The lowest BCUT2D eigenvalue weighted by Crippen LogP contribution is -1.99. The summed E-state index contributed by atoms with van der Waals surface area (Å²) in [5.74, 6) is 0.863. The van der Waals surface area contributed by atoms with E-state index in [1.165, 1.54) is 12.1 Å². The Hall–Kier alpha value is -3.47. The Morgan fingerprint density at radius 2 is 1.70 bits per heavy atom. The molecule has 5 heteroatoms. The van der Waals surface area contributed by atoms with Gasteiger partial charge in [0.25, 0.3) is 0 Å². The summed E-state index contributed by atoms with van der Waals surface area (Å²) in [5.41, 5.74) is 3.67. The van der Waals surface area contributed by atoms with E-state index >= 15 is 0 Å². The first-order valence-electron chi connectivity index (χ1n) is 8.50. The second-order valence-corrected chi connectivity index (χ2v) is 6.03. The molecule has 0 amide bonds. The molecule has 0 radical (unpaired) electrons. The molecular formula is C22H17FN2O2. The van der Waals surface area contributed by atoms with E-state index < -0.39 is 0 Å². The number of rotatable bonds is 5. The molecule has 0 aliphatic carbocycles. The molecule has 0 N–H and O–H groups in total. The van der Waals surface area contributed by atoms with Gasteiger partial charge in [0.2, 0.25) is 0 Å². The minimum atomic E-state index is -0.309. The number of nitrogens with zero attached hydrogens (tertiary/aromatic N) is 2. The van der Waals surface area contributed by atoms with Gasteiger partial charge in [-0.1, -0.05) is 42.5 Å². The van der Waals surface area contributed by atoms with Gasteiger partial charge in [-0.3, -0.25) is 4.98 Å². The van der Waals surface area contributed by atoms with Crippen molar-refractivity contribution in [3.63, 3.8) is 0 Å². The van der Waals surface area contributed by atoms with Gasteiger partial charge in [0.05, 0.1) is 30.0 Å². The molecule has 0 atom stereocenters. The summed E-state index contributed by atoms with van der Waals surface area (Å²) in [6.45, 7) is 0.428. The molecule has 0 spiro atoms. The molecule has 0 saturated carbocycles. The van der Waals surface area contributed by atoms with E-state index in [1.807, 2.05) is 30.3 Å². The van der Waals surface area contributed by atoms with Crippen molar-refractivity contribution < 1.29 is 13.9 Å². The Kier molecular flexibility index (Phi) is 4.66. The molecule has 1 heterocycles. The van der Waals surface area contributed by atoms with Gasteiger partial charge >= 0.3 is 0 Å². The normalized spacial score (nSPS) is 10.7. The molecule has 3 aromatic carbocycles. The maximum Gasteiger partial charge on any atom is 0.163 e. The SMILES string of the molecule is COc1cc2nc(-c3cccc(F)c3)cnc2cc1OCc1ccccc1. The fourth-order valence-corrected chi connectivity index (χ4v) is 2.82. The number of benzene rings is 3. The van der Waals surface area contributed by atoms with Crippen LogP contribution in [0.1, 0.15) is 5.56 Å². The monoisotopic (exact) mass is 360 g/mol. The summed E-state index contributed by atoms with van der Waals surface area (Å²) in [7, 11) is 1.58. The Morgan fingerprint density at radius 1 is 0.889 bits per heavy atom. The number of fused-ring (bicyclic) bond motifs is 1. The first-order valence-corrected chi connectivity index (χ1v) is 8.50. The lowest BCUT2D eigenvalue weighted by atomic mass is 10.1. The van der Waals surface area contributed by atoms with E-state index in [2.05, 4.69) is 9.97 Å². The zero-order valence-corrected chi connectivity index (χ0v) is 14.7. The van der Waals surface area contributed by atoms with Crippen molar-refractivity contribution >= 4 is 11.0 Å². The van der Waals surface area contributed by atoms with Crippen molar-refractivity contribution in [2.24, 2.45) is 0 Å². The number of aromatic nitrogens is 2. The molecule has 0 aliphatic rings. The minimum absolute atomic E-state index is 0.309. The van der Waals surface area contributed by atoms with Crippen LogP contribution in [-0.2, 0) is 6.61 Å². The lowest BCUT2D eigenvalue weighted by Gasteiger charge is -2.12. The molecule has 0 unspecified atom stereocenters. The average molecular weight is 360 g/mol. The summed E-state index contributed by atoms with van der Waals surface area (Å²) in [4.78, 5) is 9.05. The van der Waals surface area contributed by atoms with Crippen LogP contribution < -0.4 is 9.47 Å². The van der Waals surface area contributed by atoms with E-state index in [0.717, 1.165) is 5.56 Å². The molecule has 4 rings (SSSR count). The van der Waals surface area contributed by atoms with Gasteiger partial charge in [-0.05, 0) is 17.7 Å². The Morgan fingerprint density at radius 3 is 2.48 bits per heavy atom. The minimum Gasteiger partial charge on any atom is -0.493 e. The van der Waals surface area contributed by atoms with E-state index in [9.17, 15) is 4.39 Å². The van der Waals surface area contributed by atoms with Crippen LogP contribution in [0.15, 0.2) is 72.9 Å². The fraction of sp³-hybridized carbons (Fsp3) is 0.0909. The van der Waals surface area contributed by atoms with Gasteiger partial charge in [0.15, 0.2) is 11.5 Å². The highest BCUT2D eigenvalue weighted by atomic mass is 19.1. The Balaban J connectivity index is 1.67. The van der Waals surface area contributed by atoms with Gasteiger partial charge in [-0.2, -0.15) is 0 Å². The maximum absolute atomic E-state index is 13.5. The number of halogens is 1. The van der Waals surface area contributed by atoms with Crippen LogP contribution in [0.5, 0.6) is 11.5 Å². The van der Waals surface area contributed by atoms with Crippen LogP contribution in [-0.4, -0.2) is 17.1 Å². The van der Waals surface area contributed by atoms with Crippen molar-refractivity contribution in [1.82, 2.24) is 9.97 Å². The zero-order chi connectivity index (χ0) is 18.6. The molecule has 0 saturated heterocycles. The smallest absolute Gasteiger partial charge is 0.163 e. The van der Waals surface area contributed by atoms with Crippen LogP contribution in [0.2, 0.25) is 0 Å². The molecule has 134 valence electrons. The Bertz CT molecular complexity index is 1080. The van der Waals surface area contributed by atoms with Crippen molar-refractivity contribution in [2.45, 2.75) is 6.61 Å². The highest BCUT2D eigenvalue weighted by molar-refractivity contribution is 5.81. The third-order valence-electron chi connectivity index (χ3n) is 4.19. The molecule has 1 aromatic heterocycles. The van der Waals surface area contributed by atoms with Crippen LogP contribution in [0, 0.1) is 5.82 Å². The first-order chi connectivity index (χ1) is 13.2. The number of hydrogen-bond donors (Lipinski definition) is 0. The van der Waals surface area contributed by atoms with E-state index in [1.54, 1.807) is 37.6 Å². The summed E-state index contributed by atoms with van der Waals surface area (Å²) >= 11 is 0. The molecule has 27 heavy (non-hydrogen) atoms. The molecule has 4 nitrogen and oxygen atoms in total. The number of ether oxygens (including phenoxy) is 2. The standard InChI is InChI=1S/C22H17FN2O2/c1-26-21-12-19-18(11-22(21)27-14-15-6-3-2-4-7-15)24-13-20(25-19)16-8-5-9-17(23)10-16/h2-13H,14H2,1H3. The maximum atomic E-state index is 13.5. The fourth-order valence-electron chi connectivity index (χ4n) is 2.82. The molecule has 4 aromatic rings. The average Bonchev–Trinajstić information content (AvgIpc) is 2.72. The quantitative estimate of drug-likeness (QED) is 0.501. The molecule has 0 fully saturated rings. The van der Waals surface area contributed by atoms with Gasteiger partial charge in [-0.15, -0.1) is 0 Å². The van der Waals surface area contributed by atoms with E-state index in [4.69, 9.17) is 9.47 Å². The van der Waals surface area contributed by atoms with Crippen molar-refractivity contribution in [1.29, 1.82) is 0 Å². The highest BCUT2D eigenvalue weighted by Gasteiger charge is 2.11. The largest absolute Gasteiger partial charge is 0.493 e. The lowest BCUT2D eigenvalue weighted by molar-refractivity contribution is 0.285. The topological polar surface area (TPSA) is 44.2 Å². The van der Waals surface area contributed by atoms with Crippen molar-refractivity contribution in [3.05, 3.63) is 84.3 Å². The zero-order valence-electron chi connectivity index (χ0n) is 14.7. The summed E-state index contributed by atoms with van der Waals surface area (Å²) < 4.78 is 24.8. The Labute approximate surface area is 156 Å². The highest BCUT2D eigenvalue weighted by Crippen LogP contribution is 2.32. The van der Waals surface area contributed by atoms with Crippen LogP contribution in [0.3, 0.4) is 0 Å². The number of hydrogen-bond acceptors (Lipinski definition) is 4. The summed E-state index contributed by atoms with van der Waals surface area (Å²) in [6, 6.07) is 19.8. The van der Waals surface area contributed by atoms with Crippen LogP contribution >= 0.6 is 0 Å². The second-order valence-electron chi connectivity index (χ2n) is 6.03.